The molecule has 3 rings (SSSR count). The van der Waals surface area contributed by atoms with Crippen LogP contribution in [-0.2, 0) is 0 Å². The smallest absolute Gasteiger partial charge is 0.0991 e. The van der Waals surface area contributed by atoms with Gasteiger partial charge in [-0.15, -0.1) is 0 Å². The van der Waals surface area contributed by atoms with Gasteiger partial charge in [0.1, 0.15) is 0 Å². The third kappa shape index (κ3) is 2.29. The SMILES string of the molecule is N#Cc1ccc2ncc(-c3ccc(Cl)cc3)cc2c1. The third-order valence-electron chi connectivity index (χ3n) is 2.99. The monoisotopic (exact) mass is 264 g/mol. The maximum absolute atomic E-state index is 8.93. The molecule has 0 atom stereocenters. The lowest BCUT2D eigenvalue weighted by Crippen LogP contribution is -1.84. The Morgan fingerprint density at radius 3 is 2.47 bits per heavy atom. The van der Waals surface area contributed by atoms with Crippen molar-refractivity contribution in [1.29, 1.82) is 5.26 Å². The molecule has 2 aromatic carbocycles. The normalized spacial score (nSPS) is 10.3. The second kappa shape index (κ2) is 4.72. The summed E-state index contributed by atoms with van der Waals surface area (Å²) < 4.78 is 0. The summed E-state index contributed by atoms with van der Waals surface area (Å²) in [7, 11) is 0. The number of nitriles is 1. The van der Waals surface area contributed by atoms with Gasteiger partial charge in [0, 0.05) is 22.2 Å². The van der Waals surface area contributed by atoms with Gasteiger partial charge >= 0.3 is 0 Å². The van der Waals surface area contributed by atoms with Gasteiger partial charge in [-0.2, -0.15) is 5.26 Å². The molecule has 1 heterocycles. The van der Waals surface area contributed by atoms with Crippen LogP contribution in [0.15, 0.2) is 54.7 Å². The Hall–Kier alpha value is -2.37. The Kier molecular flexibility index (Phi) is 2.91. The lowest BCUT2D eigenvalue weighted by atomic mass is 10.0. The van der Waals surface area contributed by atoms with E-state index in [0.29, 0.717) is 10.6 Å². The number of hydrogen-bond acceptors (Lipinski definition) is 2. The highest BCUT2D eigenvalue weighted by atomic mass is 35.5. The van der Waals surface area contributed by atoms with Crippen LogP contribution in [0, 0.1) is 11.3 Å². The van der Waals surface area contributed by atoms with E-state index in [-0.39, 0.29) is 0 Å². The lowest BCUT2D eigenvalue weighted by molar-refractivity contribution is 1.40. The molecule has 2 nitrogen and oxygen atoms in total. The van der Waals surface area contributed by atoms with E-state index in [4.69, 9.17) is 16.9 Å². The van der Waals surface area contributed by atoms with E-state index < -0.39 is 0 Å². The van der Waals surface area contributed by atoms with Gasteiger partial charge in [-0.05, 0) is 42.0 Å². The van der Waals surface area contributed by atoms with Crippen molar-refractivity contribution in [2.75, 3.05) is 0 Å². The van der Waals surface area contributed by atoms with E-state index in [1.165, 1.54) is 0 Å². The van der Waals surface area contributed by atoms with Crippen molar-refractivity contribution in [2.24, 2.45) is 0 Å². The molecule has 0 N–H and O–H groups in total. The van der Waals surface area contributed by atoms with Gasteiger partial charge in [0.05, 0.1) is 17.1 Å². The van der Waals surface area contributed by atoms with Gasteiger partial charge in [-0.25, -0.2) is 0 Å². The number of halogens is 1. The molecule has 0 saturated heterocycles. The first-order valence-corrected chi connectivity index (χ1v) is 6.20. The van der Waals surface area contributed by atoms with Crippen molar-refractivity contribution in [1.82, 2.24) is 4.98 Å². The fourth-order valence-corrected chi connectivity index (χ4v) is 2.13. The number of nitrogens with zero attached hydrogens (tertiary/aromatic N) is 2. The minimum atomic E-state index is 0.641. The standard InChI is InChI=1S/C16H9ClN2/c17-15-4-2-12(3-5-15)14-8-13-7-11(9-18)1-6-16(13)19-10-14/h1-8,10H. The van der Waals surface area contributed by atoms with E-state index in [2.05, 4.69) is 11.1 Å². The van der Waals surface area contributed by atoms with Crippen molar-refractivity contribution >= 4 is 22.5 Å². The topological polar surface area (TPSA) is 36.7 Å². The summed E-state index contributed by atoms with van der Waals surface area (Å²) in [6, 6.07) is 17.3. The van der Waals surface area contributed by atoms with Crippen LogP contribution in [0.2, 0.25) is 5.02 Å². The molecular formula is C16H9ClN2. The Balaban J connectivity index is 2.15. The molecule has 0 saturated carbocycles. The Morgan fingerprint density at radius 2 is 1.74 bits per heavy atom. The summed E-state index contributed by atoms with van der Waals surface area (Å²) in [6.07, 6.45) is 1.83. The highest BCUT2D eigenvalue weighted by molar-refractivity contribution is 6.30. The molecule has 0 aliphatic heterocycles. The zero-order chi connectivity index (χ0) is 13.2. The largest absolute Gasteiger partial charge is 0.256 e. The minimum Gasteiger partial charge on any atom is -0.256 e. The maximum Gasteiger partial charge on any atom is 0.0991 e. The van der Waals surface area contributed by atoms with Crippen molar-refractivity contribution in [2.45, 2.75) is 0 Å². The number of aromatic nitrogens is 1. The van der Waals surface area contributed by atoms with Gasteiger partial charge in [0.25, 0.3) is 0 Å². The molecule has 0 aliphatic rings. The zero-order valence-corrected chi connectivity index (χ0v) is 10.7. The second-order valence-corrected chi connectivity index (χ2v) is 4.69. The number of fused-ring (bicyclic) bond motifs is 1. The number of benzene rings is 2. The summed E-state index contributed by atoms with van der Waals surface area (Å²) >= 11 is 5.88. The molecule has 90 valence electrons. The van der Waals surface area contributed by atoms with E-state index in [1.807, 2.05) is 48.7 Å². The van der Waals surface area contributed by atoms with Crippen molar-refractivity contribution in [3.05, 3.63) is 65.3 Å². The van der Waals surface area contributed by atoms with Crippen LogP contribution < -0.4 is 0 Å². The fraction of sp³-hybridized carbons (Fsp3) is 0. The number of pyridine rings is 1. The molecule has 0 amide bonds. The highest BCUT2D eigenvalue weighted by Crippen LogP contribution is 2.24. The molecule has 0 unspecified atom stereocenters. The molecule has 3 heteroatoms. The molecule has 0 bridgehead atoms. The lowest BCUT2D eigenvalue weighted by Gasteiger charge is -2.04. The quantitative estimate of drug-likeness (QED) is 0.652. The molecule has 19 heavy (non-hydrogen) atoms. The van der Waals surface area contributed by atoms with Gasteiger partial charge in [-0.1, -0.05) is 23.7 Å². The third-order valence-corrected chi connectivity index (χ3v) is 3.24. The van der Waals surface area contributed by atoms with E-state index in [9.17, 15) is 0 Å². The Bertz CT molecular complexity index is 786. The summed E-state index contributed by atoms with van der Waals surface area (Å²) in [5.74, 6) is 0. The van der Waals surface area contributed by atoms with Crippen molar-refractivity contribution in [3.8, 4) is 17.2 Å². The van der Waals surface area contributed by atoms with Crippen molar-refractivity contribution in [3.63, 3.8) is 0 Å². The van der Waals surface area contributed by atoms with Crippen LogP contribution in [-0.4, -0.2) is 4.98 Å². The van der Waals surface area contributed by atoms with Gasteiger partial charge in [0.2, 0.25) is 0 Å². The maximum atomic E-state index is 8.93. The average molecular weight is 265 g/mol. The van der Waals surface area contributed by atoms with Crippen LogP contribution in [0.25, 0.3) is 22.0 Å². The molecule has 0 aliphatic carbocycles. The molecule has 1 aromatic heterocycles. The fourth-order valence-electron chi connectivity index (χ4n) is 2.00. The first-order chi connectivity index (χ1) is 9.26. The Morgan fingerprint density at radius 1 is 0.947 bits per heavy atom. The van der Waals surface area contributed by atoms with Gasteiger partial charge in [0.15, 0.2) is 0 Å². The first-order valence-electron chi connectivity index (χ1n) is 5.82. The average Bonchev–Trinajstić information content (AvgIpc) is 2.47. The van der Waals surface area contributed by atoms with Crippen LogP contribution in [0.3, 0.4) is 0 Å². The molecule has 0 spiro atoms. The van der Waals surface area contributed by atoms with Crippen LogP contribution >= 0.6 is 11.6 Å². The molecule has 0 fully saturated rings. The first kappa shape index (κ1) is 11.7. The molecule has 3 aromatic rings. The van der Waals surface area contributed by atoms with E-state index in [0.717, 1.165) is 22.0 Å². The molecule has 0 radical (unpaired) electrons. The van der Waals surface area contributed by atoms with Crippen LogP contribution in [0.1, 0.15) is 5.56 Å². The zero-order valence-electron chi connectivity index (χ0n) is 9.97. The van der Waals surface area contributed by atoms with Crippen LogP contribution in [0.4, 0.5) is 0 Å². The summed E-state index contributed by atoms with van der Waals surface area (Å²) in [4.78, 5) is 4.41. The Labute approximate surface area is 115 Å². The molecular weight excluding hydrogens is 256 g/mol. The predicted octanol–water partition coefficient (Wildman–Crippen LogP) is 4.43. The van der Waals surface area contributed by atoms with E-state index >= 15 is 0 Å². The number of rotatable bonds is 1. The minimum absolute atomic E-state index is 0.641. The van der Waals surface area contributed by atoms with Crippen molar-refractivity contribution < 1.29 is 0 Å². The summed E-state index contributed by atoms with van der Waals surface area (Å²) in [5.41, 5.74) is 3.60. The summed E-state index contributed by atoms with van der Waals surface area (Å²) in [5, 5.41) is 10.6. The van der Waals surface area contributed by atoms with E-state index in [1.54, 1.807) is 6.07 Å². The predicted molar refractivity (Wildman–Crippen MR) is 76.9 cm³/mol. The second-order valence-electron chi connectivity index (χ2n) is 4.25. The number of hydrogen-bond donors (Lipinski definition) is 0. The highest BCUT2D eigenvalue weighted by Gasteiger charge is 2.02. The van der Waals surface area contributed by atoms with Crippen LogP contribution in [0.5, 0.6) is 0 Å². The van der Waals surface area contributed by atoms with Gasteiger partial charge in [-0.3, -0.25) is 4.98 Å². The van der Waals surface area contributed by atoms with Gasteiger partial charge < -0.3 is 0 Å². The summed E-state index contributed by atoms with van der Waals surface area (Å²) in [6.45, 7) is 0.